The molecule has 1 atom stereocenters. The molecule has 1 aromatic heterocycles. The van der Waals surface area contributed by atoms with E-state index in [2.05, 4.69) is 15.9 Å². The van der Waals surface area contributed by atoms with Crippen molar-refractivity contribution in [2.24, 2.45) is 5.73 Å². The monoisotopic (exact) mass is 328 g/mol. The third-order valence-electron chi connectivity index (χ3n) is 3.00. The van der Waals surface area contributed by atoms with Crippen molar-refractivity contribution < 1.29 is 9.50 Å². The number of aliphatic hydroxyl groups is 1. The molecule has 0 spiro atoms. The number of fused-ring (bicyclic) bond motifs is 1. The highest BCUT2D eigenvalue weighted by atomic mass is 79.9. The minimum absolute atomic E-state index is 0.189. The molecule has 0 aliphatic rings. The molecule has 1 heterocycles. The molecule has 5 heteroatoms. The van der Waals surface area contributed by atoms with Crippen LogP contribution in [0.5, 0.6) is 0 Å². The van der Waals surface area contributed by atoms with Crippen molar-refractivity contribution in [1.29, 1.82) is 0 Å². The molecule has 3 N–H and O–H groups in total. The maximum Gasteiger partial charge on any atom is 0.138 e. The van der Waals surface area contributed by atoms with Crippen LogP contribution in [0.1, 0.15) is 32.4 Å². The van der Waals surface area contributed by atoms with E-state index in [1.54, 1.807) is 19.9 Å². The van der Waals surface area contributed by atoms with E-state index in [0.29, 0.717) is 11.0 Å². The van der Waals surface area contributed by atoms with Crippen molar-refractivity contribution in [3.8, 4) is 0 Å². The fourth-order valence-corrected chi connectivity index (χ4v) is 2.55. The lowest BCUT2D eigenvalue weighted by Gasteiger charge is -2.18. The molecule has 0 unspecified atom stereocenters. The van der Waals surface area contributed by atoms with E-state index in [0.717, 1.165) is 16.5 Å². The fraction of sp³-hybridized carbons (Fsp3) is 0.429. The van der Waals surface area contributed by atoms with Crippen LogP contribution in [0.3, 0.4) is 0 Å². The van der Waals surface area contributed by atoms with E-state index in [1.807, 2.05) is 17.7 Å². The molecule has 0 fully saturated rings. The third kappa shape index (κ3) is 2.99. The number of rotatable bonds is 3. The summed E-state index contributed by atoms with van der Waals surface area (Å²) in [5.74, 6) is -0.310. The van der Waals surface area contributed by atoms with Crippen LogP contribution in [0.4, 0.5) is 4.39 Å². The van der Waals surface area contributed by atoms with Crippen molar-refractivity contribution >= 4 is 26.8 Å². The van der Waals surface area contributed by atoms with Crippen LogP contribution in [0.25, 0.3) is 10.9 Å². The van der Waals surface area contributed by atoms with Crippen molar-refractivity contribution in [3.63, 3.8) is 0 Å². The molecule has 1 aromatic carbocycles. The molecule has 2 aromatic rings. The molecule has 2 rings (SSSR count). The minimum Gasteiger partial charge on any atom is -0.389 e. The van der Waals surface area contributed by atoms with Gasteiger partial charge in [0.25, 0.3) is 0 Å². The molecule has 0 radical (unpaired) electrons. The molecule has 19 heavy (non-hydrogen) atoms. The summed E-state index contributed by atoms with van der Waals surface area (Å²) in [7, 11) is 0. The highest BCUT2D eigenvalue weighted by Gasteiger charge is 2.19. The number of aromatic nitrogens is 1. The van der Waals surface area contributed by atoms with E-state index in [4.69, 9.17) is 5.73 Å². The predicted molar refractivity (Wildman–Crippen MR) is 78.5 cm³/mol. The van der Waals surface area contributed by atoms with Crippen LogP contribution in [0.15, 0.2) is 22.8 Å². The number of hydrogen-bond donors (Lipinski definition) is 2. The zero-order valence-corrected chi connectivity index (χ0v) is 12.8. The van der Waals surface area contributed by atoms with Gasteiger partial charge in [0.05, 0.1) is 16.6 Å². The Morgan fingerprint density at radius 3 is 2.63 bits per heavy atom. The van der Waals surface area contributed by atoms with E-state index in [9.17, 15) is 9.50 Å². The second-order valence-electron chi connectivity index (χ2n) is 5.60. The minimum atomic E-state index is -0.845. The lowest BCUT2D eigenvalue weighted by molar-refractivity contribution is 0.0628. The molecule has 0 aliphatic carbocycles. The van der Waals surface area contributed by atoms with Crippen molar-refractivity contribution in [1.82, 2.24) is 4.57 Å². The number of halogens is 2. The molecule has 0 saturated heterocycles. The summed E-state index contributed by atoms with van der Waals surface area (Å²) in [4.78, 5) is 0. The maximum absolute atomic E-state index is 13.7. The molecular weight excluding hydrogens is 311 g/mol. The Labute approximate surface area is 120 Å². The fourth-order valence-electron chi connectivity index (χ4n) is 2.22. The topological polar surface area (TPSA) is 51.2 Å². The summed E-state index contributed by atoms with van der Waals surface area (Å²) in [6.45, 7) is 5.77. The maximum atomic E-state index is 13.7. The van der Waals surface area contributed by atoms with Gasteiger partial charge in [-0.2, -0.15) is 0 Å². The zero-order valence-electron chi connectivity index (χ0n) is 11.2. The van der Waals surface area contributed by atoms with E-state index >= 15 is 0 Å². The zero-order chi connectivity index (χ0) is 14.4. The van der Waals surface area contributed by atoms with Crippen molar-refractivity contribution in [2.45, 2.75) is 39.0 Å². The average molecular weight is 329 g/mol. The van der Waals surface area contributed by atoms with Crippen LogP contribution >= 0.6 is 15.9 Å². The van der Waals surface area contributed by atoms with Crippen LogP contribution in [0, 0.1) is 5.82 Å². The van der Waals surface area contributed by atoms with Gasteiger partial charge >= 0.3 is 0 Å². The number of nitrogens with two attached hydrogens (primary N) is 1. The van der Waals surface area contributed by atoms with Crippen LogP contribution in [-0.4, -0.2) is 15.3 Å². The van der Waals surface area contributed by atoms with Gasteiger partial charge in [-0.05, 0) is 54.4 Å². The van der Waals surface area contributed by atoms with Gasteiger partial charge in [0.2, 0.25) is 0 Å². The van der Waals surface area contributed by atoms with E-state index in [-0.39, 0.29) is 11.9 Å². The first-order chi connectivity index (χ1) is 8.69. The smallest absolute Gasteiger partial charge is 0.138 e. The quantitative estimate of drug-likeness (QED) is 0.907. The lowest BCUT2D eigenvalue weighted by atomic mass is 10.1. The second-order valence-corrected chi connectivity index (χ2v) is 6.45. The second kappa shape index (κ2) is 4.89. The first-order valence-corrected chi connectivity index (χ1v) is 6.94. The Morgan fingerprint density at radius 1 is 1.47 bits per heavy atom. The summed E-state index contributed by atoms with van der Waals surface area (Å²) < 4.78 is 16.0. The van der Waals surface area contributed by atoms with Gasteiger partial charge in [-0.15, -0.1) is 0 Å². The van der Waals surface area contributed by atoms with Gasteiger partial charge in [0, 0.05) is 23.1 Å². The number of hydrogen-bond acceptors (Lipinski definition) is 2. The SMILES string of the molecule is C[C@@H](N)c1cn(CC(C)(C)O)c2cc(Br)c(F)cc12. The summed E-state index contributed by atoms with van der Waals surface area (Å²) >= 11 is 3.19. The van der Waals surface area contributed by atoms with Crippen LogP contribution in [-0.2, 0) is 6.54 Å². The van der Waals surface area contributed by atoms with E-state index < -0.39 is 5.60 Å². The first kappa shape index (κ1) is 14.5. The van der Waals surface area contributed by atoms with Gasteiger partial charge in [-0.1, -0.05) is 0 Å². The first-order valence-electron chi connectivity index (χ1n) is 6.15. The van der Waals surface area contributed by atoms with E-state index in [1.165, 1.54) is 6.07 Å². The van der Waals surface area contributed by atoms with Gasteiger partial charge in [-0.25, -0.2) is 4.39 Å². The largest absolute Gasteiger partial charge is 0.389 e. The lowest BCUT2D eigenvalue weighted by Crippen LogP contribution is -2.25. The average Bonchev–Trinajstić information content (AvgIpc) is 2.56. The summed E-state index contributed by atoms with van der Waals surface area (Å²) in [6.07, 6.45) is 1.89. The molecular formula is C14H18BrFN2O. The Balaban J connectivity index is 2.68. The van der Waals surface area contributed by atoms with Crippen molar-refractivity contribution in [3.05, 3.63) is 34.2 Å². The van der Waals surface area contributed by atoms with Crippen molar-refractivity contribution in [2.75, 3.05) is 0 Å². The highest BCUT2D eigenvalue weighted by Crippen LogP contribution is 2.31. The highest BCUT2D eigenvalue weighted by molar-refractivity contribution is 9.10. The summed E-state index contributed by atoms with van der Waals surface area (Å²) in [5.41, 5.74) is 6.83. The molecule has 104 valence electrons. The van der Waals surface area contributed by atoms with Gasteiger partial charge in [0.15, 0.2) is 0 Å². The van der Waals surface area contributed by atoms with Gasteiger partial charge < -0.3 is 15.4 Å². The Kier molecular flexibility index (Phi) is 3.73. The molecule has 3 nitrogen and oxygen atoms in total. The molecule has 0 aliphatic heterocycles. The molecule has 0 amide bonds. The van der Waals surface area contributed by atoms with Gasteiger partial charge in [0.1, 0.15) is 5.82 Å². The standard InChI is InChI=1S/C14H18BrFN2O/c1-8(17)10-6-18(7-14(2,3)19)13-5-11(15)12(16)4-9(10)13/h4-6,8,19H,7,17H2,1-3H3/t8-/m1/s1. The summed E-state index contributed by atoms with van der Waals surface area (Å²) in [5, 5.41) is 10.8. The summed E-state index contributed by atoms with van der Waals surface area (Å²) in [6, 6.07) is 3.02. The molecule has 0 saturated carbocycles. The normalized spacial score (nSPS) is 14.1. The third-order valence-corrected chi connectivity index (χ3v) is 3.61. The Hall–Kier alpha value is -0.910. The molecule has 0 bridgehead atoms. The predicted octanol–water partition coefficient (Wildman–Crippen LogP) is 3.33. The van der Waals surface area contributed by atoms with Crippen LogP contribution < -0.4 is 5.73 Å². The van der Waals surface area contributed by atoms with Gasteiger partial charge in [-0.3, -0.25) is 0 Å². The number of benzene rings is 1. The van der Waals surface area contributed by atoms with Crippen LogP contribution in [0.2, 0.25) is 0 Å². The Morgan fingerprint density at radius 2 is 2.11 bits per heavy atom. The number of nitrogens with zero attached hydrogens (tertiary/aromatic N) is 1. The Bertz CT molecular complexity index is 614.